The monoisotopic (exact) mass is 210 g/mol. The van der Waals surface area contributed by atoms with Crippen molar-refractivity contribution < 1.29 is 14.0 Å². The van der Waals surface area contributed by atoms with Gasteiger partial charge in [-0.05, 0) is 19.8 Å². The molecule has 2 aliphatic rings. The summed E-state index contributed by atoms with van der Waals surface area (Å²) in [6.45, 7) is 3.16. The van der Waals surface area contributed by atoms with Gasteiger partial charge in [-0.1, -0.05) is 5.16 Å². The van der Waals surface area contributed by atoms with E-state index in [4.69, 9.17) is 14.0 Å². The average molecular weight is 210 g/mol. The van der Waals surface area contributed by atoms with Crippen LogP contribution < -0.4 is 0 Å². The van der Waals surface area contributed by atoms with Crippen molar-refractivity contribution in [2.75, 3.05) is 13.2 Å². The van der Waals surface area contributed by atoms with E-state index in [1.807, 2.05) is 6.92 Å². The lowest BCUT2D eigenvalue weighted by atomic mass is 10.0. The Kier molecular flexibility index (Phi) is 2.03. The van der Waals surface area contributed by atoms with Crippen LogP contribution in [0, 0.1) is 6.92 Å². The summed E-state index contributed by atoms with van der Waals surface area (Å²) < 4.78 is 16.7. The van der Waals surface area contributed by atoms with Crippen molar-refractivity contribution in [3.8, 4) is 0 Å². The zero-order chi connectivity index (χ0) is 10.3. The molecule has 0 amide bonds. The van der Waals surface area contributed by atoms with Gasteiger partial charge in [0.15, 0.2) is 11.6 Å². The minimum atomic E-state index is -0.473. The summed E-state index contributed by atoms with van der Waals surface area (Å²) in [6.07, 6.45) is 3.02. The van der Waals surface area contributed by atoms with Crippen molar-refractivity contribution in [1.82, 2.24) is 10.1 Å². The molecule has 1 aliphatic heterocycles. The molecule has 0 N–H and O–H groups in total. The van der Waals surface area contributed by atoms with Crippen molar-refractivity contribution in [2.45, 2.75) is 37.9 Å². The third kappa shape index (κ3) is 1.38. The van der Waals surface area contributed by atoms with Crippen LogP contribution in [-0.2, 0) is 9.47 Å². The van der Waals surface area contributed by atoms with Crippen LogP contribution in [0.25, 0.3) is 0 Å². The third-order valence-electron chi connectivity index (χ3n) is 3.17. The predicted octanol–water partition coefficient (Wildman–Crippen LogP) is 1.39. The zero-order valence-electron chi connectivity index (χ0n) is 8.73. The summed E-state index contributed by atoms with van der Waals surface area (Å²) >= 11 is 0. The van der Waals surface area contributed by atoms with Gasteiger partial charge in [0, 0.05) is 6.42 Å². The Morgan fingerprint density at radius 1 is 1.33 bits per heavy atom. The minimum absolute atomic E-state index is 0.112. The second-order valence-corrected chi connectivity index (χ2v) is 4.13. The maximum Gasteiger partial charge on any atom is 0.235 e. The van der Waals surface area contributed by atoms with Crippen LogP contribution in [0.1, 0.15) is 36.9 Å². The van der Waals surface area contributed by atoms with E-state index < -0.39 is 5.79 Å². The smallest absolute Gasteiger partial charge is 0.235 e. The number of hydrogen-bond donors (Lipinski definition) is 0. The van der Waals surface area contributed by atoms with Crippen molar-refractivity contribution in [1.29, 1.82) is 0 Å². The molecule has 5 heteroatoms. The van der Waals surface area contributed by atoms with Gasteiger partial charge in [0.2, 0.25) is 5.89 Å². The fourth-order valence-corrected chi connectivity index (χ4v) is 2.53. The van der Waals surface area contributed by atoms with E-state index in [1.54, 1.807) is 0 Å². The van der Waals surface area contributed by atoms with Gasteiger partial charge in [-0.2, -0.15) is 4.98 Å². The highest BCUT2D eigenvalue weighted by molar-refractivity contribution is 5.05. The predicted molar refractivity (Wildman–Crippen MR) is 50.3 cm³/mol. The number of ether oxygens (including phenoxy) is 2. The first-order valence-electron chi connectivity index (χ1n) is 5.38. The molecule has 2 fully saturated rings. The van der Waals surface area contributed by atoms with Gasteiger partial charge in [0.1, 0.15) is 0 Å². The van der Waals surface area contributed by atoms with Crippen molar-refractivity contribution in [3.05, 3.63) is 11.7 Å². The number of aryl methyl sites for hydroxylation is 1. The lowest BCUT2D eigenvalue weighted by Gasteiger charge is -2.26. The second kappa shape index (κ2) is 3.28. The molecule has 0 bridgehead atoms. The van der Waals surface area contributed by atoms with Crippen molar-refractivity contribution in [2.24, 2.45) is 0 Å². The molecule has 1 spiro atoms. The van der Waals surface area contributed by atoms with Gasteiger partial charge in [-0.15, -0.1) is 0 Å². The van der Waals surface area contributed by atoms with Crippen LogP contribution in [0.2, 0.25) is 0 Å². The topological polar surface area (TPSA) is 57.4 Å². The molecule has 5 nitrogen and oxygen atoms in total. The summed E-state index contributed by atoms with van der Waals surface area (Å²) in [5.41, 5.74) is 0. The van der Waals surface area contributed by atoms with Crippen LogP contribution in [-0.4, -0.2) is 29.1 Å². The summed E-state index contributed by atoms with van der Waals surface area (Å²) in [5.74, 6) is 0.969. The Balaban J connectivity index is 1.91. The summed E-state index contributed by atoms with van der Waals surface area (Å²) in [7, 11) is 0. The van der Waals surface area contributed by atoms with E-state index in [0.717, 1.165) is 19.3 Å². The second-order valence-electron chi connectivity index (χ2n) is 4.13. The van der Waals surface area contributed by atoms with Gasteiger partial charge in [-0.25, -0.2) is 0 Å². The molecule has 82 valence electrons. The van der Waals surface area contributed by atoms with Gasteiger partial charge in [0.25, 0.3) is 0 Å². The Labute approximate surface area is 87.8 Å². The Morgan fingerprint density at radius 2 is 2.13 bits per heavy atom. The molecular weight excluding hydrogens is 196 g/mol. The van der Waals surface area contributed by atoms with Crippen LogP contribution in [0.15, 0.2) is 4.52 Å². The average Bonchev–Trinajstić information content (AvgIpc) is 2.90. The van der Waals surface area contributed by atoms with Crippen molar-refractivity contribution in [3.63, 3.8) is 0 Å². The SMILES string of the molecule is Cc1noc(C2CCCC23OCCO3)n1. The molecule has 1 atom stereocenters. The number of hydrogen-bond acceptors (Lipinski definition) is 5. The maximum atomic E-state index is 5.73. The Bertz CT molecular complexity index is 352. The molecular formula is C10H14N2O3. The van der Waals surface area contributed by atoms with Crippen LogP contribution in [0.5, 0.6) is 0 Å². The normalized spacial score (nSPS) is 29.0. The molecule has 1 unspecified atom stereocenters. The van der Waals surface area contributed by atoms with Gasteiger partial charge in [0.05, 0.1) is 19.1 Å². The van der Waals surface area contributed by atoms with Crippen molar-refractivity contribution >= 4 is 0 Å². The van der Waals surface area contributed by atoms with Crippen LogP contribution >= 0.6 is 0 Å². The zero-order valence-corrected chi connectivity index (χ0v) is 8.73. The first-order valence-corrected chi connectivity index (χ1v) is 5.38. The highest BCUT2D eigenvalue weighted by atomic mass is 16.7. The van der Waals surface area contributed by atoms with Crippen LogP contribution in [0.4, 0.5) is 0 Å². The van der Waals surface area contributed by atoms with E-state index in [0.29, 0.717) is 24.9 Å². The largest absolute Gasteiger partial charge is 0.347 e. The molecule has 1 aromatic rings. The summed E-state index contributed by atoms with van der Waals surface area (Å²) in [4.78, 5) is 4.27. The lowest BCUT2D eigenvalue weighted by Crippen LogP contribution is -2.33. The molecule has 1 aliphatic carbocycles. The van der Waals surface area contributed by atoms with Gasteiger partial charge < -0.3 is 14.0 Å². The molecule has 1 saturated carbocycles. The van der Waals surface area contributed by atoms with Gasteiger partial charge in [-0.3, -0.25) is 0 Å². The minimum Gasteiger partial charge on any atom is -0.347 e. The number of aromatic nitrogens is 2. The number of nitrogens with zero attached hydrogens (tertiary/aromatic N) is 2. The molecule has 0 radical (unpaired) electrons. The molecule has 1 saturated heterocycles. The van der Waals surface area contributed by atoms with Crippen LogP contribution in [0.3, 0.4) is 0 Å². The van der Waals surface area contributed by atoms with E-state index in [-0.39, 0.29) is 5.92 Å². The molecule has 1 aromatic heterocycles. The number of rotatable bonds is 1. The fraction of sp³-hybridized carbons (Fsp3) is 0.800. The Hall–Kier alpha value is -0.940. The molecule has 2 heterocycles. The molecule has 15 heavy (non-hydrogen) atoms. The van der Waals surface area contributed by atoms with E-state index in [1.165, 1.54) is 0 Å². The fourth-order valence-electron chi connectivity index (χ4n) is 2.53. The van der Waals surface area contributed by atoms with E-state index in [9.17, 15) is 0 Å². The summed E-state index contributed by atoms with van der Waals surface area (Å²) in [5, 5.41) is 3.82. The first-order chi connectivity index (χ1) is 7.30. The maximum absolute atomic E-state index is 5.73. The highest BCUT2D eigenvalue weighted by Gasteiger charge is 2.51. The molecule has 3 rings (SSSR count). The van der Waals surface area contributed by atoms with E-state index in [2.05, 4.69) is 10.1 Å². The lowest BCUT2D eigenvalue weighted by molar-refractivity contribution is -0.166. The quantitative estimate of drug-likeness (QED) is 0.701. The highest BCUT2D eigenvalue weighted by Crippen LogP contribution is 2.47. The summed E-state index contributed by atoms with van der Waals surface area (Å²) in [6, 6.07) is 0. The third-order valence-corrected chi connectivity index (χ3v) is 3.17. The molecule has 0 aromatic carbocycles. The standard InChI is InChI=1S/C10H14N2O3/c1-7-11-9(15-12-7)8-3-2-4-10(8)13-5-6-14-10/h8H,2-6H2,1H3. The Morgan fingerprint density at radius 3 is 2.80 bits per heavy atom. The van der Waals surface area contributed by atoms with Gasteiger partial charge >= 0.3 is 0 Å². The van der Waals surface area contributed by atoms with E-state index >= 15 is 0 Å². The first kappa shape index (κ1) is 9.30.